The number of rotatable bonds is 10. The van der Waals surface area contributed by atoms with Crippen molar-refractivity contribution in [3.8, 4) is 0 Å². The Morgan fingerprint density at radius 1 is 1.40 bits per heavy atom. The number of hydrogen-bond acceptors (Lipinski definition) is 5. The summed E-state index contributed by atoms with van der Waals surface area (Å²) in [6.45, 7) is 4.33. The standard InChI is InChI=1S/C14H24FN3O2/c1-4-6-16-8-11-5-7-17-14(13(11)15)18-9-12(20-3)10-19-2/h5,7,12,16H,4,6,8-10H2,1-3H3,(H,17,18). The van der Waals surface area contributed by atoms with Crippen molar-refractivity contribution in [2.24, 2.45) is 0 Å². The first kappa shape index (κ1) is 16.8. The normalized spacial score (nSPS) is 12.4. The van der Waals surface area contributed by atoms with E-state index in [2.05, 4.69) is 22.5 Å². The number of nitrogens with zero attached hydrogens (tertiary/aromatic N) is 1. The molecule has 0 saturated carbocycles. The predicted octanol–water partition coefficient (Wildman–Crippen LogP) is 1.79. The number of hydrogen-bond donors (Lipinski definition) is 2. The van der Waals surface area contributed by atoms with Gasteiger partial charge >= 0.3 is 0 Å². The molecule has 0 spiro atoms. The molecule has 0 aromatic carbocycles. The summed E-state index contributed by atoms with van der Waals surface area (Å²) >= 11 is 0. The summed E-state index contributed by atoms with van der Waals surface area (Å²) in [4.78, 5) is 4.02. The molecule has 0 radical (unpaired) electrons. The third-order valence-corrected chi connectivity index (χ3v) is 2.89. The smallest absolute Gasteiger partial charge is 0.169 e. The molecule has 1 aromatic heterocycles. The molecule has 20 heavy (non-hydrogen) atoms. The van der Waals surface area contributed by atoms with E-state index in [0.717, 1.165) is 13.0 Å². The van der Waals surface area contributed by atoms with Gasteiger partial charge in [-0.2, -0.15) is 0 Å². The molecule has 0 aliphatic rings. The van der Waals surface area contributed by atoms with Crippen LogP contribution in [0.25, 0.3) is 0 Å². The summed E-state index contributed by atoms with van der Waals surface area (Å²) in [5.41, 5.74) is 0.608. The third kappa shape index (κ3) is 5.40. The van der Waals surface area contributed by atoms with Gasteiger partial charge in [0.05, 0.1) is 12.7 Å². The van der Waals surface area contributed by atoms with Gasteiger partial charge in [-0.15, -0.1) is 0 Å². The van der Waals surface area contributed by atoms with Gasteiger partial charge in [-0.05, 0) is 19.0 Å². The van der Waals surface area contributed by atoms with Gasteiger partial charge in [0.25, 0.3) is 0 Å². The minimum absolute atomic E-state index is 0.136. The molecule has 6 heteroatoms. The highest BCUT2D eigenvalue weighted by molar-refractivity contribution is 5.40. The average Bonchev–Trinajstić information content (AvgIpc) is 2.46. The van der Waals surface area contributed by atoms with Gasteiger partial charge < -0.3 is 20.1 Å². The summed E-state index contributed by atoms with van der Waals surface area (Å²) in [5.74, 6) is -0.0673. The van der Waals surface area contributed by atoms with Gasteiger partial charge in [0.15, 0.2) is 11.6 Å². The zero-order valence-electron chi connectivity index (χ0n) is 12.4. The molecule has 0 bridgehead atoms. The fraction of sp³-hybridized carbons (Fsp3) is 0.643. The van der Waals surface area contributed by atoms with Crippen molar-refractivity contribution in [2.45, 2.75) is 26.0 Å². The fourth-order valence-electron chi connectivity index (χ4n) is 1.75. The SMILES string of the molecule is CCCNCc1ccnc(NCC(COC)OC)c1F. The van der Waals surface area contributed by atoms with E-state index in [-0.39, 0.29) is 17.7 Å². The molecule has 1 aromatic rings. The highest BCUT2D eigenvalue weighted by Gasteiger charge is 2.12. The molecule has 5 nitrogen and oxygen atoms in total. The number of methoxy groups -OCH3 is 2. The van der Waals surface area contributed by atoms with Crippen molar-refractivity contribution in [3.63, 3.8) is 0 Å². The Labute approximate surface area is 119 Å². The van der Waals surface area contributed by atoms with Crippen LogP contribution in [0.15, 0.2) is 12.3 Å². The first-order valence-corrected chi connectivity index (χ1v) is 6.82. The van der Waals surface area contributed by atoms with Gasteiger partial charge in [0.1, 0.15) is 0 Å². The average molecular weight is 285 g/mol. The molecule has 1 rings (SSSR count). The second-order valence-corrected chi connectivity index (χ2v) is 4.50. The van der Waals surface area contributed by atoms with Crippen LogP contribution in [0.1, 0.15) is 18.9 Å². The molecule has 1 unspecified atom stereocenters. The summed E-state index contributed by atoms with van der Waals surface area (Å²) in [6.07, 6.45) is 2.49. The van der Waals surface area contributed by atoms with Gasteiger partial charge in [-0.25, -0.2) is 9.37 Å². The number of anilines is 1. The Hall–Kier alpha value is -1.24. The molecular weight excluding hydrogens is 261 g/mol. The second kappa shape index (κ2) is 9.63. The van der Waals surface area contributed by atoms with E-state index in [0.29, 0.717) is 25.3 Å². The summed E-state index contributed by atoms with van der Waals surface area (Å²) in [7, 11) is 3.20. The molecule has 0 amide bonds. The van der Waals surface area contributed by atoms with Gasteiger partial charge in [0, 0.05) is 39.1 Å². The number of ether oxygens (including phenoxy) is 2. The Morgan fingerprint density at radius 3 is 2.85 bits per heavy atom. The zero-order valence-corrected chi connectivity index (χ0v) is 12.4. The van der Waals surface area contributed by atoms with E-state index in [9.17, 15) is 4.39 Å². The second-order valence-electron chi connectivity index (χ2n) is 4.50. The maximum atomic E-state index is 14.2. The van der Waals surface area contributed by atoms with Crippen LogP contribution < -0.4 is 10.6 Å². The molecule has 0 saturated heterocycles. The van der Waals surface area contributed by atoms with Gasteiger partial charge in [-0.3, -0.25) is 0 Å². The number of halogens is 1. The van der Waals surface area contributed by atoms with E-state index in [4.69, 9.17) is 9.47 Å². The molecule has 114 valence electrons. The van der Waals surface area contributed by atoms with Crippen molar-refractivity contribution in [1.82, 2.24) is 10.3 Å². The topological polar surface area (TPSA) is 55.4 Å². The van der Waals surface area contributed by atoms with Crippen molar-refractivity contribution < 1.29 is 13.9 Å². The number of pyridine rings is 1. The van der Waals surface area contributed by atoms with E-state index in [1.165, 1.54) is 0 Å². The summed E-state index contributed by atoms with van der Waals surface area (Å²) in [6, 6.07) is 1.69. The molecule has 1 heterocycles. The Kier molecular flexibility index (Phi) is 8.10. The van der Waals surface area contributed by atoms with Crippen molar-refractivity contribution >= 4 is 5.82 Å². The minimum Gasteiger partial charge on any atom is -0.382 e. The van der Waals surface area contributed by atoms with Crippen LogP contribution in [-0.2, 0) is 16.0 Å². The van der Waals surface area contributed by atoms with Crippen LogP contribution in [-0.4, -0.2) is 45.0 Å². The number of aromatic nitrogens is 1. The lowest BCUT2D eigenvalue weighted by Gasteiger charge is -2.16. The first-order valence-electron chi connectivity index (χ1n) is 6.82. The predicted molar refractivity (Wildman–Crippen MR) is 77.4 cm³/mol. The molecular formula is C14H24FN3O2. The van der Waals surface area contributed by atoms with Gasteiger partial charge in [0.2, 0.25) is 0 Å². The summed E-state index contributed by atoms with van der Waals surface area (Å²) in [5, 5.41) is 6.14. The highest BCUT2D eigenvalue weighted by atomic mass is 19.1. The highest BCUT2D eigenvalue weighted by Crippen LogP contribution is 2.15. The summed E-state index contributed by atoms with van der Waals surface area (Å²) < 4.78 is 24.4. The maximum Gasteiger partial charge on any atom is 0.169 e. The quantitative estimate of drug-likeness (QED) is 0.642. The van der Waals surface area contributed by atoms with Crippen molar-refractivity contribution in [3.05, 3.63) is 23.6 Å². The Morgan fingerprint density at radius 2 is 2.20 bits per heavy atom. The Bertz CT molecular complexity index is 391. The largest absolute Gasteiger partial charge is 0.382 e. The Balaban J connectivity index is 2.59. The van der Waals surface area contributed by atoms with Crippen LogP contribution in [0.3, 0.4) is 0 Å². The molecule has 1 atom stereocenters. The van der Waals surface area contributed by atoms with Crippen LogP contribution in [0.2, 0.25) is 0 Å². The van der Waals surface area contributed by atoms with Crippen LogP contribution in [0, 0.1) is 5.82 Å². The first-order chi connectivity index (χ1) is 9.72. The maximum absolute atomic E-state index is 14.2. The molecule has 0 aliphatic heterocycles. The molecule has 0 fully saturated rings. The fourth-order valence-corrected chi connectivity index (χ4v) is 1.75. The van der Waals surface area contributed by atoms with E-state index < -0.39 is 0 Å². The lowest BCUT2D eigenvalue weighted by molar-refractivity contribution is 0.0365. The lowest BCUT2D eigenvalue weighted by Crippen LogP contribution is -2.27. The molecule has 0 aliphatic carbocycles. The van der Waals surface area contributed by atoms with Crippen LogP contribution in [0.4, 0.5) is 10.2 Å². The van der Waals surface area contributed by atoms with E-state index in [1.54, 1.807) is 26.5 Å². The van der Waals surface area contributed by atoms with Crippen molar-refractivity contribution in [2.75, 3.05) is 39.2 Å². The number of nitrogens with one attached hydrogen (secondary N) is 2. The van der Waals surface area contributed by atoms with Crippen molar-refractivity contribution in [1.29, 1.82) is 0 Å². The van der Waals surface area contributed by atoms with Crippen LogP contribution >= 0.6 is 0 Å². The lowest BCUT2D eigenvalue weighted by atomic mass is 10.2. The minimum atomic E-state index is -0.316. The van der Waals surface area contributed by atoms with Crippen LogP contribution in [0.5, 0.6) is 0 Å². The molecule has 2 N–H and O–H groups in total. The van der Waals surface area contributed by atoms with E-state index >= 15 is 0 Å². The third-order valence-electron chi connectivity index (χ3n) is 2.89. The van der Waals surface area contributed by atoms with Gasteiger partial charge in [-0.1, -0.05) is 6.92 Å². The monoisotopic (exact) mass is 285 g/mol. The zero-order chi connectivity index (χ0) is 14.8. The van der Waals surface area contributed by atoms with E-state index in [1.807, 2.05) is 0 Å².